The van der Waals surface area contributed by atoms with Crippen molar-refractivity contribution in [2.75, 3.05) is 0 Å². The average Bonchev–Trinajstić information content (AvgIpc) is 2.43. The number of hydrogen-bond acceptors (Lipinski definition) is 2. The van der Waals surface area contributed by atoms with Crippen molar-refractivity contribution in [1.29, 1.82) is 0 Å². The summed E-state index contributed by atoms with van der Waals surface area (Å²) in [4.78, 5) is 26.0. The van der Waals surface area contributed by atoms with E-state index < -0.39 is 12.1 Å². The van der Waals surface area contributed by atoms with Gasteiger partial charge in [0.15, 0.2) is 0 Å². The van der Waals surface area contributed by atoms with Crippen LogP contribution < -0.4 is 5.32 Å². The summed E-state index contributed by atoms with van der Waals surface area (Å²) in [6.45, 7) is 4.19. The van der Waals surface area contributed by atoms with Crippen molar-refractivity contribution in [1.82, 2.24) is 10.2 Å². The lowest BCUT2D eigenvalue weighted by Gasteiger charge is -2.37. The molecule has 0 aliphatic carbocycles. The molecule has 0 bridgehead atoms. The van der Waals surface area contributed by atoms with Gasteiger partial charge < -0.3 is 10.2 Å². The number of carbonyl (C=O) groups excluding carboxylic acids is 2. The van der Waals surface area contributed by atoms with Gasteiger partial charge in [0.25, 0.3) is 0 Å². The quantitative estimate of drug-likeness (QED) is 0.927. The second-order valence-corrected chi connectivity index (χ2v) is 5.55. The topological polar surface area (TPSA) is 49.4 Å². The molecule has 0 spiro atoms. The van der Waals surface area contributed by atoms with Crippen LogP contribution in [0, 0.1) is 0 Å². The Morgan fingerprint density at radius 2 is 1.90 bits per heavy atom. The number of hydrogen-bond donors (Lipinski definition) is 1. The van der Waals surface area contributed by atoms with E-state index in [0.717, 1.165) is 12.0 Å². The van der Waals surface area contributed by atoms with Gasteiger partial charge in [-0.3, -0.25) is 9.59 Å². The van der Waals surface area contributed by atoms with Gasteiger partial charge >= 0.3 is 0 Å². The van der Waals surface area contributed by atoms with Gasteiger partial charge in [0.2, 0.25) is 11.8 Å². The first-order valence-electron chi connectivity index (χ1n) is 6.88. The molecule has 4 nitrogen and oxygen atoms in total. The third-order valence-electron chi connectivity index (χ3n) is 3.59. The summed E-state index contributed by atoms with van der Waals surface area (Å²) in [7, 11) is 0. The lowest BCUT2D eigenvalue weighted by atomic mass is 10.0. The molecule has 1 aliphatic rings. The highest BCUT2D eigenvalue weighted by molar-refractivity contribution is 6.30. The minimum Gasteiger partial charge on any atom is -0.343 e. The molecule has 20 heavy (non-hydrogen) atoms. The van der Waals surface area contributed by atoms with Crippen LogP contribution in [0.4, 0.5) is 0 Å². The third-order valence-corrected chi connectivity index (χ3v) is 3.84. The van der Waals surface area contributed by atoms with Crippen LogP contribution in [0.2, 0.25) is 5.02 Å². The summed E-state index contributed by atoms with van der Waals surface area (Å²) < 4.78 is 0. The van der Waals surface area contributed by atoms with Crippen molar-refractivity contribution >= 4 is 23.4 Å². The fraction of sp³-hybridized carbons (Fsp3) is 0.467. The zero-order chi connectivity index (χ0) is 14.7. The third kappa shape index (κ3) is 3.12. The molecule has 2 amide bonds. The van der Waals surface area contributed by atoms with Crippen molar-refractivity contribution in [2.24, 2.45) is 0 Å². The lowest BCUT2D eigenvalue weighted by molar-refractivity contribution is -0.149. The average molecular weight is 295 g/mol. The Hall–Kier alpha value is -1.55. The van der Waals surface area contributed by atoms with Crippen LogP contribution in [0.1, 0.15) is 32.3 Å². The molecule has 0 aromatic heterocycles. The van der Waals surface area contributed by atoms with Gasteiger partial charge in [-0.1, -0.05) is 37.1 Å². The van der Waals surface area contributed by atoms with Crippen LogP contribution in [-0.4, -0.2) is 28.8 Å². The number of benzene rings is 1. The number of halogens is 1. The van der Waals surface area contributed by atoms with Crippen molar-refractivity contribution in [3.63, 3.8) is 0 Å². The maximum absolute atomic E-state index is 12.4. The van der Waals surface area contributed by atoms with Crippen LogP contribution in [0.25, 0.3) is 0 Å². The fourth-order valence-corrected chi connectivity index (χ4v) is 2.50. The molecule has 2 unspecified atom stereocenters. The molecule has 1 saturated heterocycles. The zero-order valence-corrected chi connectivity index (χ0v) is 12.5. The Balaban J connectivity index is 2.16. The SMILES string of the molecule is CCCC1NC(=O)C(C)N(Cc2ccc(Cl)cc2)C1=O. The standard InChI is InChI=1S/C15H19ClN2O2/c1-3-4-13-15(20)18(10(2)14(19)17-13)9-11-5-7-12(16)8-6-11/h5-8,10,13H,3-4,9H2,1-2H3,(H,17,19). The number of amides is 2. The van der Waals surface area contributed by atoms with Gasteiger partial charge in [0, 0.05) is 11.6 Å². The molecular formula is C15H19ClN2O2. The predicted octanol–water partition coefficient (Wildman–Crippen LogP) is 2.36. The van der Waals surface area contributed by atoms with E-state index in [-0.39, 0.29) is 11.8 Å². The van der Waals surface area contributed by atoms with Gasteiger partial charge in [0.05, 0.1) is 0 Å². The first kappa shape index (κ1) is 14.9. The van der Waals surface area contributed by atoms with Crippen LogP contribution in [0.3, 0.4) is 0 Å². The molecule has 1 aromatic rings. The van der Waals surface area contributed by atoms with E-state index in [1.807, 2.05) is 19.1 Å². The van der Waals surface area contributed by atoms with Gasteiger partial charge in [0.1, 0.15) is 12.1 Å². The maximum Gasteiger partial charge on any atom is 0.246 e. The van der Waals surface area contributed by atoms with Gasteiger partial charge in [-0.25, -0.2) is 0 Å². The highest BCUT2D eigenvalue weighted by atomic mass is 35.5. The van der Waals surface area contributed by atoms with Crippen molar-refractivity contribution < 1.29 is 9.59 Å². The number of rotatable bonds is 4. The van der Waals surface area contributed by atoms with Crippen LogP contribution in [0.15, 0.2) is 24.3 Å². The van der Waals surface area contributed by atoms with Crippen molar-refractivity contribution in [2.45, 2.75) is 45.3 Å². The predicted molar refractivity (Wildman–Crippen MR) is 78.3 cm³/mol. The van der Waals surface area contributed by atoms with E-state index in [4.69, 9.17) is 11.6 Å². The molecule has 0 radical (unpaired) electrons. The first-order chi connectivity index (χ1) is 9.52. The summed E-state index contributed by atoms with van der Waals surface area (Å²) in [6.07, 6.45) is 1.54. The van der Waals surface area contributed by atoms with Crippen LogP contribution in [-0.2, 0) is 16.1 Å². The molecule has 1 N–H and O–H groups in total. The molecule has 5 heteroatoms. The smallest absolute Gasteiger partial charge is 0.246 e. The van der Waals surface area contributed by atoms with Crippen LogP contribution >= 0.6 is 11.6 Å². The molecule has 108 valence electrons. The summed E-state index contributed by atoms with van der Waals surface area (Å²) in [5, 5.41) is 3.45. The maximum atomic E-state index is 12.4. The normalized spacial score (nSPS) is 22.9. The van der Waals surface area contributed by atoms with Crippen molar-refractivity contribution in [3.05, 3.63) is 34.9 Å². The molecule has 1 heterocycles. The van der Waals surface area contributed by atoms with Gasteiger partial charge in [-0.2, -0.15) is 0 Å². The Morgan fingerprint density at radius 3 is 2.50 bits per heavy atom. The zero-order valence-electron chi connectivity index (χ0n) is 11.7. The Kier molecular flexibility index (Phi) is 4.65. The largest absolute Gasteiger partial charge is 0.343 e. The van der Waals surface area contributed by atoms with Crippen molar-refractivity contribution in [3.8, 4) is 0 Å². The van der Waals surface area contributed by atoms with E-state index in [2.05, 4.69) is 5.32 Å². The molecule has 2 atom stereocenters. The van der Waals surface area contributed by atoms with E-state index in [1.165, 1.54) is 0 Å². The number of piperazine rings is 1. The highest BCUT2D eigenvalue weighted by Crippen LogP contribution is 2.18. The molecular weight excluding hydrogens is 276 g/mol. The molecule has 0 saturated carbocycles. The second-order valence-electron chi connectivity index (χ2n) is 5.12. The lowest BCUT2D eigenvalue weighted by Crippen LogP contribution is -2.61. The summed E-state index contributed by atoms with van der Waals surface area (Å²) in [5.41, 5.74) is 0.972. The summed E-state index contributed by atoms with van der Waals surface area (Å²) in [6, 6.07) is 6.51. The molecule has 1 aliphatic heterocycles. The van der Waals surface area contributed by atoms with Crippen LogP contribution in [0.5, 0.6) is 0 Å². The molecule has 2 rings (SSSR count). The Morgan fingerprint density at radius 1 is 1.25 bits per heavy atom. The number of nitrogens with one attached hydrogen (secondary N) is 1. The number of nitrogens with zero attached hydrogens (tertiary/aromatic N) is 1. The van der Waals surface area contributed by atoms with E-state index in [1.54, 1.807) is 24.0 Å². The summed E-state index contributed by atoms with van der Waals surface area (Å²) in [5.74, 6) is -0.0917. The fourth-order valence-electron chi connectivity index (χ4n) is 2.37. The second kappa shape index (κ2) is 6.27. The molecule has 1 aromatic carbocycles. The number of carbonyl (C=O) groups is 2. The van der Waals surface area contributed by atoms with Gasteiger partial charge in [-0.05, 0) is 31.0 Å². The monoisotopic (exact) mass is 294 g/mol. The first-order valence-corrected chi connectivity index (χ1v) is 7.26. The van der Waals surface area contributed by atoms with Gasteiger partial charge in [-0.15, -0.1) is 0 Å². The Bertz CT molecular complexity index is 501. The Labute approximate surface area is 124 Å². The van der Waals surface area contributed by atoms with E-state index in [0.29, 0.717) is 18.0 Å². The summed E-state index contributed by atoms with van der Waals surface area (Å²) >= 11 is 5.85. The minimum atomic E-state index is -0.439. The molecule has 1 fully saturated rings. The minimum absolute atomic E-state index is 0.00565. The highest BCUT2D eigenvalue weighted by Gasteiger charge is 2.37. The van der Waals surface area contributed by atoms with E-state index in [9.17, 15) is 9.59 Å². The van der Waals surface area contributed by atoms with E-state index >= 15 is 0 Å².